The third-order valence-electron chi connectivity index (χ3n) is 4.86. The maximum absolute atomic E-state index is 6.10. The fourth-order valence-corrected chi connectivity index (χ4v) is 3.72. The second kappa shape index (κ2) is 4.48. The van der Waals surface area contributed by atoms with E-state index in [1.165, 1.54) is 25.7 Å². The Balaban J connectivity index is 1.68. The molecule has 3 fully saturated rings. The molecule has 6 heteroatoms. The molecule has 0 unspecified atom stereocenters. The van der Waals surface area contributed by atoms with E-state index in [2.05, 4.69) is 20.2 Å². The number of nitrogen functional groups attached to an aromatic ring is 2. The van der Waals surface area contributed by atoms with E-state index in [1.54, 1.807) is 0 Å². The first-order valence-electron chi connectivity index (χ1n) is 7.63. The normalized spacial score (nSPS) is 29.5. The molecule has 2 saturated heterocycles. The molecule has 0 bridgehead atoms. The highest BCUT2D eigenvalue weighted by molar-refractivity contribution is 5.63. The SMILES string of the molecule is Nc1nc(N)c(C2CC2)c(N2C[C@H]3CCCN[C@H]3C2)n1. The summed E-state index contributed by atoms with van der Waals surface area (Å²) in [5, 5.41) is 3.63. The van der Waals surface area contributed by atoms with Gasteiger partial charge in [-0.3, -0.25) is 0 Å². The second-order valence-corrected chi connectivity index (χ2v) is 6.35. The van der Waals surface area contributed by atoms with Crippen molar-refractivity contribution in [3.05, 3.63) is 5.56 Å². The van der Waals surface area contributed by atoms with Gasteiger partial charge < -0.3 is 21.7 Å². The fraction of sp³-hybridized carbons (Fsp3) is 0.714. The first-order valence-corrected chi connectivity index (χ1v) is 7.63. The molecule has 3 aliphatic rings. The maximum atomic E-state index is 6.10. The van der Waals surface area contributed by atoms with Gasteiger partial charge in [0.05, 0.1) is 0 Å². The average Bonchev–Trinajstić information content (AvgIpc) is 3.15. The van der Waals surface area contributed by atoms with E-state index in [1.807, 2.05) is 0 Å². The molecule has 2 atom stereocenters. The van der Waals surface area contributed by atoms with Gasteiger partial charge in [-0.25, -0.2) is 0 Å². The third kappa shape index (κ3) is 1.98. The zero-order chi connectivity index (χ0) is 13.7. The van der Waals surface area contributed by atoms with Gasteiger partial charge in [0, 0.05) is 24.7 Å². The maximum Gasteiger partial charge on any atom is 0.223 e. The van der Waals surface area contributed by atoms with Crippen LogP contribution in [-0.2, 0) is 0 Å². The smallest absolute Gasteiger partial charge is 0.223 e. The van der Waals surface area contributed by atoms with Crippen LogP contribution in [0.1, 0.15) is 37.2 Å². The summed E-state index contributed by atoms with van der Waals surface area (Å²) < 4.78 is 0. The van der Waals surface area contributed by atoms with Gasteiger partial charge in [0.2, 0.25) is 5.95 Å². The number of piperidine rings is 1. The van der Waals surface area contributed by atoms with Crippen LogP contribution < -0.4 is 21.7 Å². The molecule has 6 nitrogen and oxygen atoms in total. The molecule has 1 aliphatic carbocycles. The average molecular weight is 274 g/mol. The minimum atomic E-state index is 0.296. The van der Waals surface area contributed by atoms with Crippen molar-refractivity contribution in [2.24, 2.45) is 5.92 Å². The Morgan fingerprint density at radius 3 is 2.70 bits per heavy atom. The Morgan fingerprint density at radius 2 is 1.95 bits per heavy atom. The highest BCUT2D eigenvalue weighted by atomic mass is 15.3. The largest absolute Gasteiger partial charge is 0.383 e. The van der Waals surface area contributed by atoms with Gasteiger partial charge in [0.1, 0.15) is 11.6 Å². The fourth-order valence-electron chi connectivity index (χ4n) is 3.72. The van der Waals surface area contributed by atoms with Crippen LogP contribution >= 0.6 is 0 Å². The van der Waals surface area contributed by atoms with Crippen molar-refractivity contribution >= 4 is 17.6 Å². The van der Waals surface area contributed by atoms with Gasteiger partial charge in [0.25, 0.3) is 0 Å². The molecule has 5 N–H and O–H groups in total. The van der Waals surface area contributed by atoms with Crippen LogP contribution in [0.25, 0.3) is 0 Å². The predicted molar refractivity (Wildman–Crippen MR) is 79.6 cm³/mol. The summed E-state index contributed by atoms with van der Waals surface area (Å²) in [7, 11) is 0. The highest BCUT2D eigenvalue weighted by Gasteiger charge is 2.38. The van der Waals surface area contributed by atoms with E-state index in [4.69, 9.17) is 11.5 Å². The van der Waals surface area contributed by atoms with Gasteiger partial charge >= 0.3 is 0 Å². The highest BCUT2D eigenvalue weighted by Crippen LogP contribution is 2.47. The topological polar surface area (TPSA) is 93.1 Å². The summed E-state index contributed by atoms with van der Waals surface area (Å²) >= 11 is 0. The van der Waals surface area contributed by atoms with Crippen LogP contribution in [0.15, 0.2) is 0 Å². The molecular formula is C14H22N6. The minimum absolute atomic E-state index is 0.296. The van der Waals surface area contributed by atoms with Crippen LogP contribution in [0.5, 0.6) is 0 Å². The zero-order valence-electron chi connectivity index (χ0n) is 11.7. The lowest BCUT2D eigenvalue weighted by atomic mass is 9.94. The molecule has 1 aromatic rings. The second-order valence-electron chi connectivity index (χ2n) is 6.35. The van der Waals surface area contributed by atoms with Crippen molar-refractivity contribution in [3.63, 3.8) is 0 Å². The molecule has 1 aromatic heterocycles. The van der Waals surface area contributed by atoms with Crippen LogP contribution in [0.2, 0.25) is 0 Å². The van der Waals surface area contributed by atoms with Crippen molar-refractivity contribution in [1.29, 1.82) is 0 Å². The van der Waals surface area contributed by atoms with E-state index in [0.717, 1.165) is 36.9 Å². The van der Waals surface area contributed by atoms with E-state index in [0.29, 0.717) is 23.7 Å². The van der Waals surface area contributed by atoms with Gasteiger partial charge in [-0.15, -0.1) is 0 Å². The number of rotatable bonds is 2. The summed E-state index contributed by atoms with van der Waals surface area (Å²) in [6, 6.07) is 0.591. The van der Waals surface area contributed by atoms with Gasteiger partial charge in [0.15, 0.2) is 0 Å². The van der Waals surface area contributed by atoms with Crippen LogP contribution in [0, 0.1) is 5.92 Å². The van der Waals surface area contributed by atoms with E-state index < -0.39 is 0 Å². The van der Waals surface area contributed by atoms with Gasteiger partial charge in [-0.2, -0.15) is 9.97 Å². The zero-order valence-corrected chi connectivity index (χ0v) is 11.7. The molecule has 2 aliphatic heterocycles. The number of hydrogen-bond acceptors (Lipinski definition) is 6. The number of hydrogen-bond donors (Lipinski definition) is 3. The summed E-state index contributed by atoms with van der Waals surface area (Å²) in [6.07, 6.45) is 4.98. The van der Waals surface area contributed by atoms with Crippen molar-refractivity contribution in [3.8, 4) is 0 Å². The lowest BCUT2D eigenvalue weighted by molar-refractivity contribution is 0.340. The standard InChI is InChI=1S/C14H22N6/c15-12-11(8-3-4-8)13(19-14(16)18-12)20-6-9-2-1-5-17-10(9)7-20/h8-10,17H,1-7H2,(H4,15,16,18,19)/t9-,10+/m1/s1. The first-order chi connectivity index (χ1) is 9.72. The van der Waals surface area contributed by atoms with E-state index in [-0.39, 0.29) is 0 Å². The minimum Gasteiger partial charge on any atom is -0.383 e. The number of nitrogens with zero attached hydrogens (tertiary/aromatic N) is 3. The number of nitrogens with one attached hydrogen (secondary N) is 1. The third-order valence-corrected chi connectivity index (χ3v) is 4.86. The molecule has 20 heavy (non-hydrogen) atoms. The van der Waals surface area contributed by atoms with E-state index >= 15 is 0 Å². The Labute approximate surface area is 118 Å². The molecule has 108 valence electrons. The molecular weight excluding hydrogens is 252 g/mol. The number of anilines is 3. The van der Waals surface area contributed by atoms with Crippen LogP contribution in [0.4, 0.5) is 17.6 Å². The molecule has 0 radical (unpaired) electrons. The molecule has 1 saturated carbocycles. The molecule has 0 amide bonds. The molecule has 0 spiro atoms. The Hall–Kier alpha value is -1.56. The summed E-state index contributed by atoms with van der Waals surface area (Å²) in [5.41, 5.74) is 13.1. The Bertz CT molecular complexity index is 513. The molecule has 3 heterocycles. The van der Waals surface area contributed by atoms with Gasteiger partial charge in [-0.1, -0.05) is 0 Å². The number of nitrogens with two attached hydrogens (primary N) is 2. The lowest BCUT2D eigenvalue weighted by Crippen LogP contribution is -2.40. The first kappa shape index (κ1) is 12.2. The van der Waals surface area contributed by atoms with Crippen LogP contribution in [0.3, 0.4) is 0 Å². The van der Waals surface area contributed by atoms with Crippen molar-refractivity contribution in [1.82, 2.24) is 15.3 Å². The molecule has 0 aromatic carbocycles. The van der Waals surface area contributed by atoms with Gasteiger partial charge in [-0.05, 0) is 44.1 Å². The summed E-state index contributed by atoms with van der Waals surface area (Å²) in [4.78, 5) is 11.1. The number of fused-ring (bicyclic) bond motifs is 1. The van der Waals surface area contributed by atoms with E-state index in [9.17, 15) is 0 Å². The molecule has 4 rings (SSSR count). The number of aromatic nitrogens is 2. The predicted octanol–water partition coefficient (Wildman–Crippen LogP) is 0.707. The monoisotopic (exact) mass is 274 g/mol. The summed E-state index contributed by atoms with van der Waals surface area (Å²) in [6.45, 7) is 3.21. The van der Waals surface area contributed by atoms with Crippen molar-refractivity contribution in [2.45, 2.75) is 37.6 Å². The van der Waals surface area contributed by atoms with Crippen molar-refractivity contribution in [2.75, 3.05) is 36.0 Å². The lowest BCUT2D eigenvalue weighted by Gasteiger charge is -2.24. The Kier molecular flexibility index (Phi) is 2.73. The van der Waals surface area contributed by atoms with Crippen LogP contribution in [-0.4, -0.2) is 35.6 Å². The quantitative estimate of drug-likeness (QED) is 0.735. The van der Waals surface area contributed by atoms with Crippen molar-refractivity contribution < 1.29 is 0 Å². The Morgan fingerprint density at radius 1 is 1.10 bits per heavy atom. The summed E-state index contributed by atoms with van der Waals surface area (Å²) in [5.74, 6) is 3.14.